The van der Waals surface area contributed by atoms with Gasteiger partial charge in [-0.2, -0.15) is 0 Å². The van der Waals surface area contributed by atoms with Crippen molar-refractivity contribution >= 4 is 23.8 Å². The number of imide groups is 1. The molecule has 0 aromatic heterocycles. The molecule has 2 amide bonds. The van der Waals surface area contributed by atoms with E-state index in [2.05, 4.69) is 0 Å². The van der Waals surface area contributed by atoms with Crippen molar-refractivity contribution in [1.29, 1.82) is 0 Å². The Bertz CT molecular complexity index is 446. The minimum absolute atomic E-state index is 0.117. The first-order valence-electron chi connectivity index (χ1n) is 9.29. The number of aliphatic carboxylic acids is 1. The molecule has 0 bridgehead atoms. The summed E-state index contributed by atoms with van der Waals surface area (Å²) in [5, 5.41) is 9.12. The van der Waals surface area contributed by atoms with E-state index in [4.69, 9.17) is 9.94 Å². The minimum atomic E-state index is -0.720. The Labute approximate surface area is 148 Å². The van der Waals surface area contributed by atoms with Crippen LogP contribution in [-0.2, 0) is 24.0 Å². The van der Waals surface area contributed by atoms with Gasteiger partial charge in [-0.1, -0.05) is 51.4 Å². The van der Waals surface area contributed by atoms with Gasteiger partial charge in [0.1, 0.15) is 0 Å². The molecule has 0 spiro atoms. The van der Waals surface area contributed by atoms with Crippen molar-refractivity contribution in [3.63, 3.8) is 0 Å². The largest absolute Gasteiger partial charge is 0.481 e. The molecule has 0 radical (unpaired) electrons. The lowest BCUT2D eigenvalue weighted by molar-refractivity contribution is -0.197. The fourth-order valence-corrected chi connectivity index (χ4v) is 2.77. The Kier molecular flexibility index (Phi) is 10.5. The standard InChI is InChI=1S/C18H29NO6/c20-15-13-14-16(21)19(15)25-18(24)12-10-8-6-4-2-1-3-5-7-9-11-17(22)23/h1-14H2,(H,22,23). The fraction of sp³-hybridized carbons (Fsp3) is 0.778. The smallest absolute Gasteiger partial charge is 0.333 e. The van der Waals surface area contributed by atoms with E-state index in [0.717, 1.165) is 57.8 Å². The number of unbranched alkanes of at least 4 members (excludes halogenated alkanes) is 9. The van der Waals surface area contributed by atoms with Crippen LogP contribution < -0.4 is 0 Å². The van der Waals surface area contributed by atoms with Gasteiger partial charge in [-0.3, -0.25) is 14.4 Å². The number of hydrogen-bond donors (Lipinski definition) is 1. The van der Waals surface area contributed by atoms with Gasteiger partial charge in [-0.05, 0) is 12.8 Å². The van der Waals surface area contributed by atoms with E-state index in [1.54, 1.807) is 0 Å². The van der Waals surface area contributed by atoms with Crippen LogP contribution >= 0.6 is 0 Å². The number of carboxylic acids is 1. The summed E-state index contributed by atoms with van der Waals surface area (Å²) in [6, 6.07) is 0. The fourth-order valence-electron chi connectivity index (χ4n) is 2.77. The lowest BCUT2D eigenvalue weighted by atomic mass is 10.1. The average molecular weight is 355 g/mol. The van der Waals surface area contributed by atoms with E-state index >= 15 is 0 Å². The molecule has 0 aromatic rings. The Morgan fingerprint density at radius 3 is 1.60 bits per heavy atom. The number of hydroxylamine groups is 2. The highest BCUT2D eigenvalue weighted by molar-refractivity contribution is 6.01. The Morgan fingerprint density at radius 1 is 0.760 bits per heavy atom. The lowest BCUT2D eigenvalue weighted by Crippen LogP contribution is -2.31. The van der Waals surface area contributed by atoms with Crippen molar-refractivity contribution in [2.24, 2.45) is 0 Å². The Balaban J connectivity index is 1.87. The number of amides is 2. The summed E-state index contributed by atoms with van der Waals surface area (Å²) >= 11 is 0. The van der Waals surface area contributed by atoms with Crippen LogP contribution in [0.2, 0.25) is 0 Å². The van der Waals surface area contributed by atoms with Crippen molar-refractivity contribution in [2.75, 3.05) is 0 Å². The topological polar surface area (TPSA) is 101 Å². The summed E-state index contributed by atoms with van der Waals surface area (Å²) < 4.78 is 0. The van der Waals surface area contributed by atoms with Gasteiger partial charge in [-0.15, -0.1) is 5.06 Å². The van der Waals surface area contributed by atoms with Gasteiger partial charge in [0.05, 0.1) is 0 Å². The summed E-state index contributed by atoms with van der Waals surface area (Å²) in [6.45, 7) is 0. The van der Waals surface area contributed by atoms with Crippen molar-refractivity contribution < 1.29 is 29.1 Å². The second-order valence-electron chi connectivity index (χ2n) is 6.47. The maximum atomic E-state index is 11.6. The summed E-state index contributed by atoms with van der Waals surface area (Å²) in [5.41, 5.74) is 0. The zero-order valence-corrected chi connectivity index (χ0v) is 14.8. The van der Waals surface area contributed by atoms with Gasteiger partial charge < -0.3 is 9.94 Å². The predicted molar refractivity (Wildman–Crippen MR) is 90.2 cm³/mol. The molecule has 1 N–H and O–H groups in total. The molecule has 142 valence electrons. The summed E-state index contributed by atoms with van der Waals surface area (Å²) in [4.78, 5) is 49.4. The van der Waals surface area contributed by atoms with E-state index in [-0.39, 0.29) is 25.7 Å². The van der Waals surface area contributed by atoms with Crippen LogP contribution in [0.1, 0.15) is 89.9 Å². The van der Waals surface area contributed by atoms with Gasteiger partial charge in [0.2, 0.25) is 0 Å². The monoisotopic (exact) mass is 355 g/mol. The van der Waals surface area contributed by atoms with Crippen LogP contribution in [0.25, 0.3) is 0 Å². The third kappa shape index (κ3) is 9.84. The molecule has 1 aliphatic heterocycles. The molecule has 1 saturated heterocycles. The van der Waals surface area contributed by atoms with Crippen molar-refractivity contribution in [3.8, 4) is 0 Å². The van der Waals surface area contributed by atoms with E-state index in [9.17, 15) is 19.2 Å². The van der Waals surface area contributed by atoms with Crippen LogP contribution in [0.5, 0.6) is 0 Å². The van der Waals surface area contributed by atoms with Crippen LogP contribution in [-0.4, -0.2) is 33.9 Å². The minimum Gasteiger partial charge on any atom is -0.481 e. The van der Waals surface area contributed by atoms with Gasteiger partial charge in [0.25, 0.3) is 11.8 Å². The van der Waals surface area contributed by atoms with E-state index in [1.165, 1.54) is 0 Å². The highest BCUT2D eigenvalue weighted by Gasteiger charge is 2.32. The van der Waals surface area contributed by atoms with Gasteiger partial charge in [0, 0.05) is 25.7 Å². The molecule has 1 rings (SSSR count). The SMILES string of the molecule is O=C(O)CCCCCCCCCCCCC(=O)ON1C(=O)CCC1=O. The number of nitrogens with zero attached hydrogens (tertiary/aromatic N) is 1. The van der Waals surface area contributed by atoms with Gasteiger partial charge in [0.15, 0.2) is 0 Å². The normalized spacial score (nSPS) is 14.2. The summed E-state index contributed by atoms with van der Waals surface area (Å²) in [5.74, 6) is -2.13. The third-order valence-electron chi connectivity index (χ3n) is 4.22. The molecule has 7 heteroatoms. The molecule has 0 aromatic carbocycles. The number of rotatable bonds is 14. The molecule has 1 fully saturated rings. The zero-order chi connectivity index (χ0) is 18.5. The maximum Gasteiger partial charge on any atom is 0.333 e. The van der Waals surface area contributed by atoms with Crippen LogP contribution in [0, 0.1) is 0 Å². The van der Waals surface area contributed by atoms with Gasteiger partial charge in [-0.25, -0.2) is 4.79 Å². The second-order valence-corrected chi connectivity index (χ2v) is 6.47. The van der Waals surface area contributed by atoms with E-state index in [0.29, 0.717) is 11.5 Å². The molecular formula is C18H29NO6. The van der Waals surface area contributed by atoms with E-state index < -0.39 is 23.8 Å². The quantitative estimate of drug-likeness (QED) is 0.379. The third-order valence-corrected chi connectivity index (χ3v) is 4.22. The first kappa shape index (κ1) is 21.1. The molecule has 1 aliphatic rings. The van der Waals surface area contributed by atoms with Crippen molar-refractivity contribution in [1.82, 2.24) is 5.06 Å². The van der Waals surface area contributed by atoms with Crippen molar-refractivity contribution in [2.45, 2.75) is 89.9 Å². The summed E-state index contributed by atoms with van der Waals surface area (Å²) in [6.07, 6.45) is 10.8. The predicted octanol–water partition coefficient (Wildman–Crippen LogP) is 3.36. The number of carbonyl (C=O) groups excluding carboxylic acids is 3. The molecular weight excluding hydrogens is 326 g/mol. The first-order valence-corrected chi connectivity index (χ1v) is 9.29. The Morgan fingerprint density at radius 2 is 1.16 bits per heavy atom. The average Bonchev–Trinajstić information content (AvgIpc) is 2.87. The molecule has 25 heavy (non-hydrogen) atoms. The maximum absolute atomic E-state index is 11.6. The summed E-state index contributed by atoms with van der Waals surface area (Å²) in [7, 11) is 0. The van der Waals surface area contributed by atoms with E-state index in [1.807, 2.05) is 0 Å². The lowest BCUT2D eigenvalue weighted by Gasteiger charge is -2.12. The highest BCUT2D eigenvalue weighted by atomic mass is 16.7. The molecule has 0 unspecified atom stereocenters. The zero-order valence-electron chi connectivity index (χ0n) is 14.8. The van der Waals surface area contributed by atoms with Crippen LogP contribution in [0.3, 0.4) is 0 Å². The number of hydrogen-bond acceptors (Lipinski definition) is 5. The first-order chi connectivity index (χ1) is 12.0. The van der Waals surface area contributed by atoms with Crippen molar-refractivity contribution in [3.05, 3.63) is 0 Å². The molecule has 0 aliphatic carbocycles. The molecule has 7 nitrogen and oxygen atoms in total. The number of carboxylic acid groups (broad SMARTS) is 1. The van der Waals surface area contributed by atoms with Gasteiger partial charge >= 0.3 is 11.9 Å². The number of carbonyl (C=O) groups is 4. The van der Waals surface area contributed by atoms with Crippen LogP contribution in [0.15, 0.2) is 0 Å². The molecule has 0 saturated carbocycles. The Hall–Kier alpha value is -1.92. The second kappa shape index (κ2) is 12.4. The molecule has 0 atom stereocenters. The molecule has 1 heterocycles. The highest BCUT2D eigenvalue weighted by Crippen LogP contribution is 2.15. The van der Waals surface area contributed by atoms with Crippen LogP contribution in [0.4, 0.5) is 0 Å².